The molecular formula is C21H33IN4. The van der Waals surface area contributed by atoms with Crippen molar-refractivity contribution in [2.75, 3.05) is 39.3 Å². The van der Waals surface area contributed by atoms with Gasteiger partial charge >= 0.3 is 0 Å². The molecule has 1 aromatic rings. The van der Waals surface area contributed by atoms with Crippen molar-refractivity contribution < 1.29 is 0 Å². The van der Waals surface area contributed by atoms with Crippen LogP contribution in [0.4, 0.5) is 0 Å². The monoisotopic (exact) mass is 468 g/mol. The van der Waals surface area contributed by atoms with E-state index in [1.54, 1.807) is 0 Å². The summed E-state index contributed by atoms with van der Waals surface area (Å²) >= 11 is 0. The first-order valence-electron chi connectivity index (χ1n) is 10.2. The molecule has 1 aliphatic carbocycles. The number of nitrogens with one attached hydrogen (secondary N) is 1. The topological polar surface area (TPSA) is 30.9 Å². The summed E-state index contributed by atoms with van der Waals surface area (Å²) in [6, 6.07) is 11.7. The molecule has 144 valence electrons. The minimum atomic E-state index is 0. The molecule has 4 rings (SSSR count). The molecule has 0 spiro atoms. The zero-order valence-corrected chi connectivity index (χ0v) is 18.3. The Morgan fingerprint density at radius 1 is 1.15 bits per heavy atom. The van der Waals surface area contributed by atoms with Gasteiger partial charge in [0.15, 0.2) is 5.96 Å². The zero-order valence-electron chi connectivity index (χ0n) is 15.9. The standard InChI is InChI=1S/C21H32N4.HI/c1-2-22-21(25-13-10-19(16-25)24-11-6-7-12-24)23-15-18-14-20(18)17-8-4-3-5-9-17;/h3-5,8-9,18-20H,2,6-7,10-16H2,1H3,(H,22,23);1H. The van der Waals surface area contributed by atoms with Crippen molar-refractivity contribution in [3.8, 4) is 0 Å². The van der Waals surface area contributed by atoms with Gasteiger partial charge < -0.3 is 10.2 Å². The van der Waals surface area contributed by atoms with Crippen LogP contribution in [0.25, 0.3) is 0 Å². The van der Waals surface area contributed by atoms with Crippen LogP contribution in [0, 0.1) is 5.92 Å². The molecule has 0 radical (unpaired) electrons. The quantitative estimate of drug-likeness (QED) is 0.408. The van der Waals surface area contributed by atoms with E-state index in [9.17, 15) is 0 Å². The average Bonchev–Trinajstić information content (AvgIpc) is 3.04. The van der Waals surface area contributed by atoms with E-state index in [0.717, 1.165) is 50.0 Å². The fourth-order valence-electron chi connectivity index (χ4n) is 4.53. The van der Waals surface area contributed by atoms with E-state index in [1.165, 1.54) is 44.3 Å². The molecule has 0 aromatic heterocycles. The van der Waals surface area contributed by atoms with Crippen molar-refractivity contribution in [1.29, 1.82) is 0 Å². The molecule has 3 fully saturated rings. The van der Waals surface area contributed by atoms with E-state index in [1.807, 2.05) is 0 Å². The summed E-state index contributed by atoms with van der Waals surface area (Å²) in [7, 11) is 0. The van der Waals surface area contributed by atoms with E-state index in [2.05, 4.69) is 52.4 Å². The van der Waals surface area contributed by atoms with Crippen molar-refractivity contribution in [2.24, 2.45) is 10.9 Å². The number of hydrogen-bond acceptors (Lipinski definition) is 2. The van der Waals surface area contributed by atoms with Gasteiger partial charge in [-0.05, 0) is 63.1 Å². The Morgan fingerprint density at radius 3 is 2.65 bits per heavy atom. The second-order valence-corrected chi connectivity index (χ2v) is 7.84. The number of guanidine groups is 1. The zero-order chi connectivity index (χ0) is 17.1. The number of likely N-dealkylation sites (tertiary alicyclic amines) is 2. The molecule has 1 saturated carbocycles. The third-order valence-corrected chi connectivity index (χ3v) is 6.08. The predicted molar refractivity (Wildman–Crippen MR) is 119 cm³/mol. The smallest absolute Gasteiger partial charge is 0.193 e. The second-order valence-electron chi connectivity index (χ2n) is 7.84. The Balaban J connectivity index is 0.00000196. The van der Waals surface area contributed by atoms with Crippen LogP contribution < -0.4 is 5.32 Å². The van der Waals surface area contributed by atoms with E-state index >= 15 is 0 Å². The van der Waals surface area contributed by atoms with Crippen LogP contribution in [-0.4, -0.2) is 61.1 Å². The highest BCUT2D eigenvalue weighted by Gasteiger charge is 2.38. The summed E-state index contributed by atoms with van der Waals surface area (Å²) in [5.74, 6) is 2.60. The van der Waals surface area contributed by atoms with Crippen molar-refractivity contribution >= 4 is 29.9 Å². The Bertz CT molecular complexity index is 585. The maximum atomic E-state index is 5.01. The highest BCUT2D eigenvalue weighted by molar-refractivity contribution is 14.0. The summed E-state index contributed by atoms with van der Waals surface area (Å²) < 4.78 is 0. The first kappa shape index (κ1) is 19.9. The van der Waals surface area contributed by atoms with Gasteiger partial charge in [-0.2, -0.15) is 0 Å². The molecule has 2 saturated heterocycles. The molecule has 0 bridgehead atoms. The molecule has 2 heterocycles. The van der Waals surface area contributed by atoms with Crippen LogP contribution in [0.3, 0.4) is 0 Å². The van der Waals surface area contributed by atoms with Gasteiger partial charge in [0.2, 0.25) is 0 Å². The van der Waals surface area contributed by atoms with Gasteiger partial charge in [0.1, 0.15) is 0 Å². The third-order valence-electron chi connectivity index (χ3n) is 6.08. The van der Waals surface area contributed by atoms with Crippen LogP contribution in [0.5, 0.6) is 0 Å². The second kappa shape index (κ2) is 9.40. The van der Waals surface area contributed by atoms with Crippen molar-refractivity contribution in [3.05, 3.63) is 35.9 Å². The number of aliphatic imine (C=N–C) groups is 1. The summed E-state index contributed by atoms with van der Waals surface area (Å²) in [5.41, 5.74) is 1.49. The lowest BCUT2D eigenvalue weighted by atomic mass is 10.1. The van der Waals surface area contributed by atoms with Crippen LogP contribution in [0.1, 0.15) is 44.1 Å². The van der Waals surface area contributed by atoms with E-state index in [-0.39, 0.29) is 24.0 Å². The van der Waals surface area contributed by atoms with Gasteiger partial charge in [-0.25, -0.2) is 0 Å². The maximum Gasteiger partial charge on any atom is 0.193 e. The number of benzene rings is 1. The molecule has 1 N–H and O–H groups in total. The van der Waals surface area contributed by atoms with Crippen LogP contribution in [0.2, 0.25) is 0 Å². The summed E-state index contributed by atoms with van der Waals surface area (Å²) in [6.07, 6.45) is 5.35. The van der Waals surface area contributed by atoms with Gasteiger partial charge in [-0.3, -0.25) is 9.89 Å². The van der Waals surface area contributed by atoms with E-state index in [4.69, 9.17) is 4.99 Å². The molecule has 2 aliphatic heterocycles. The first-order chi connectivity index (χ1) is 12.3. The van der Waals surface area contributed by atoms with Gasteiger partial charge in [0.25, 0.3) is 0 Å². The average molecular weight is 468 g/mol. The lowest BCUT2D eigenvalue weighted by Gasteiger charge is -2.25. The van der Waals surface area contributed by atoms with Crippen LogP contribution in [0.15, 0.2) is 35.3 Å². The largest absolute Gasteiger partial charge is 0.357 e. The fourth-order valence-corrected chi connectivity index (χ4v) is 4.53. The van der Waals surface area contributed by atoms with Gasteiger partial charge in [0.05, 0.1) is 0 Å². The molecule has 1 aromatic carbocycles. The van der Waals surface area contributed by atoms with Crippen molar-refractivity contribution in [1.82, 2.24) is 15.1 Å². The Hall–Kier alpha value is -0.820. The lowest BCUT2D eigenvalue weighted by Crippen LogP contribution is -2.42. The van der Waals surface area contributed by atoms with Crippen LogP contribution >= 0.6 is 24.0 Å². The number of hydrogen-bond donors (Lipinski definition) is 1. The number of halogens is 1. The summed E-state index contributed by atoms with van der Waals surface area (Å²) in [6.45, 7) is 9.00. The fraction of sp³-hybridized carbons (Fsp3) is 0.667. The summed E-state index contributed by atoms with van der Waals surface area (Å²) in [4.78, 5) is 10.2. The van der Waals surface area contributed by atoms with Gasteiger partial charge in [-0.15, -0.1) is 24.0 Å². The van der Waals surface area contributed by atoms with Gasteiger partial charge in [0, 0.05) is 32.2 Å². The minimum absolute atomic E-state index is 0. The normalized spacial score (nSPS) is 28.9. The number of rotatable bonds is 5. The third kappa shape index (κ3) is 4.71. The van der Waals surface area contributed by atoms with Crippen molar-refractivity contribution in [2.45, 2.75) is 44.6 Å². The molecule has 26 heavy (non-hydrogen) atoms. The highest BCUT2D eigenvalue weighted by Crippen LogP contribution is 2.47. The first-order valence-corrected chi connectivity index (χ1v) is 10.2. The Morgan fingerprint density at radius 2 is 1.92 bits per heavy atom. The molecule has 3 atom stereocenters. The molecule has 3 unspecified atom stereocenters. The molecule has 4 nitrogen and oxygen atoms in total. The minimum Gasteiger partial charge on any atom is -0.357 e. The highest BCUT2D eigenvalue weighted by atomic mass is 127. The Kier molecular flexibility index (Phi) is 7.20. The Labute approximate surface area is 175 Å². The molecule has 5 heteroatoms. The SMILES string of the molecule is CCNC(=NCC1CC1c1ccccc1)N1CCC(N2CCCC2)C1.I. The van der Waals surface area contributed by atoms with E-state index < -0.39 is 0 Å². The number of nitrogens with zero attached hydrogens (tertiary/aromatic N) is 3. The summed E-state index contributed by atoms with van der Waals surface area (Å²) in [5, 5.41) is 3.53. The molecular weight excluding hydrogens is 435 g/mol. The van der Waals surface area contributed by atoms with Crippen molar-refractivity contribution in [3.63, 3.8) is 0 Å². The predicted octanol–water partition coefficient (Wildman–Crippen LogP) is 3.54. The molecule has 3 aliphatic rings. The maximum absolute atomic E-state index is 5.01. The van der Waals surface area contributed by atoms with Crippen LogP contribution in [-0.2, 0) is 0 Å². The lowest BCUT2D eigenvalue weighted by molar-refractivity contribution is 0.249. The molecule has 0 amide bonds. The van der Waals surface area contributed by atoms with Gasteiger partial charge in [-0.1, -0.05) is 30.3 Å². The van der Waals surface area contributed by atoms with E-state index in [0.29, 0.717) is 0 Å².